The second-order valence-electron chi connectivity index (χ2n) is 6.66. The maximum Gasteiger partial charge on any atom is 0.257 e. The molecule has 0 fully saturated rings. The number of benzene rings is 2. The fourth-order valence-corrected chi connectivity index (χ4v) is 3.23. The molecule has 2 aromatic carbocycles. The highest BCUT2D eigenvalue weighted by atomic mass is 79.9. The molecule has 0 saturated heterocycles. The topological polar surface area (TPSA) is 115 Å². The van der Waals surface area contributed by atoms with Gasteiger partial charge in [0.2, 0.25) is 0 Å². The minimum Gasteiger partial charge on any atom is -0.505 e. The fourth-order valence-electron chi connectivity index (χ4n) is 2.85. The minimum absolute atomic E-state index is 0.174. The quantitative estimate of drug-likeness (QED) is 0.496. The van der Waals surface area contributed by atoms with Gasteiger partial charge in [0.25, 0.3) is 5.91 Å². The van der Waals surface area contributed by atoms with Crippen molar-refractivity contribution >= 4 is 44.8 Å². The molecular weight excluding hydrogens is 450 g/mol. The zero-order chi connectivity index (χ0) is 21.3. The number of carbonyl (C=O) groups is 1. The van der Waals surface area contributed by atoms with E-state index >= 15 is 0 Å². The molecular formula is C20H18BrN7O2. The maximum atomic E-state index is 12.3. The second kappa shape index (κ2) is 8.07. The van der Waals surface area contributed by atoms with Crippen molar-refractivity contribution in [2.45, 2.75) is 0 Å². The van der Waals surface area contributed by atoms with E-state index in [2.05, 4.69) is 46.5 Å². The summed E-state index contributed by atoms with van der Waals surface area (Å²) in [6, 6.07) is 12.5. The first-order valence-corrected chi connectivity index (χ1v) is 9.82. The van der Waals surface area contributed by atoms with Gasteiger partial charge >= 0.3 is 0 Å². The van der Waals surface area contributed by atoms with Gasteiger partial charge in [0, 0.05) is 18.6 Å². The second-order valence-corrected chi connectivity index (χ2v) is 7.51. The van der Waals surface area contributed by atoms with Crippen molar-refractivity contribution < 1.29 is 9.90 Å². The average Bonchev–Trinajstić information content (AvgIpc) is 3.18. The van der Waals surface area contributed by atoms with Crippen molar-refractivity contribution in [1.29, 1.82) is 0 Å². The number of amides is 1. The zero-order valence-corrected chi connectivity index (χ0v) is 17.8. The number of fused-ring (bicyclic) bond motifs is 1. The first-order valence-electron chi connectivity index (χ1n) is 9.03. The molecule has 1 aliphatic heterocycles. The van der Waals surface area contributed by atoms with Crippen LogP contribution in [-0.4, -0.2) is 46.6 Å². The van der Waals surface area contributed by atoms with E-state index in [1.54, 1.807) is 32.3 Å². The minimum atomic E-state index is -0.309. The standard InChI is InChI=1S/C20H18BrN7O2/c1-28(2)20(30)11-6-5-9-14(15(11)29)25-19-18(24-13-8-4-3-7-12(13)21)26-16-17(27-19)23-10-22-16/h3-9,29H,10H2,1-2H3,(H,22,24,26)(H,23,25,27). The Morgan fingerprint density at radius 2 is 1.57 bits per heavy atom. The SMILES string of the molecule is CN(C)C(=O)c1cccc(Nc2nc3c(nc2Nc2ccccc2Br)=NCN=3)c1O. The Hall–Kier alpha value is -3.53. The van der Waals surface area contributed by atoms with E-state index in [0.717, 1.165) is 10.2 Å². The van der Waals surface area contributed by atoms with E-state index in [4.69, 9.17) is 0 Å². The predicted octanol–water partition coefficient (Wildman–Crippen LogP) is 2.34. The van der Waals surface area contributed by atoms with Crippen LogP contribution >= 0.6 is 15.9 Å². The van der Waals surface area contributed by atoms with E-state index in [-0.39, 0.29) is 23.9 Å². The number of para-hydroxylation sites is 2. The van der Waals surface area contributed by atoms with Crippen molar-refractivity contribution in [1.82, 2.24) is 14.9 Å². The summed E-state index contributed by atoms with van der Waals surface area (Å²) in [6.07, 6.45) is 0. The lowest BCUT2D eigenvalue weighted by Crippen LogP contribution is -2.30. The summed E-state index contributed by atoms with van der Waals surface area (Å²) < 4.78 is 0.848. The zero-order valence-electron chi connectivity index (χ0n) is 16.2. The van der Waals surface area contributed by atoms with Crippen LogP contribution < -0.4 is 21.6 Å². The molecule has 0 spiro atoms. The van der Waals surface area contributed by atoms with Gasteiger partial charge in [0.15, 0.2) is 28.4 Å². The number of nitrogens with one attached hydrogen (secondary N) is 2. The first kappa shape index (κ1) is 19.8. The molecule has 0 radical (unpaired) electrons. The molecule has 152 valence electrons. The summed E-state index contributed by atoms with van der Waals surface area (Å²) in [5.74, 6) is 0.267. The molecule has 9 nitrogen and oxygen atoms in total. The lowest BCUT2D eigenvalue weighted by molar-refractivity contribution is 0.0824. The summed E-state index contributed by atoms with van der Waals surface area (Å²) in [5.41, 5.74) is 2.14. The van der Waals surface area contributed by atoms with Crippen LogP contribution in [0.1, 0.15) is 10.4 Å². The number of nitrogens with zero attached hydrogens (tertiary/aromatic N) is 5. The smallest absolute Gasteiger partial charge is 0.257 e. The molecule has 0 saturated carbocycles. The fraction of sp³-hybridized carbons (Fsp3) is 0.150. The van der Waals surface area contributed by atoms with Crippen LogP contribution in [0.4, 0.5) is 23.0 Å². The van der Waals surface area contributed by atoms with Gasteiger partial charge < -0.3 is 20.6 Å². The molecule has 4 rings (SSSR count). The Balaban J connectivity index is 1.77. The van der Waals surface area contributed by atoms with Crippen molar-refractivity contribution in [3.05, 3.63) is 63.5 Å². The van der Waals surface area contributed by atoms with Crippen molar-refractivity contribution in [3.63, 3.8) is 0 Å². The van der Waals surface area contributed by atoms with Crippen LogP contribution in [-0.2, 0) is 0 Å². The number of phenolic OH excluding ortho intramolecular Hbond substituents is 1. The van der Waals surface area contributed by atoms with Crippen LogP contribution in [0.3, 0.4) is 0 Å². The highest BCUT2D eigenvalue weighted by Gasteiger charge is 2.18. The van der Waals surface area contributed by atoms with Crippen LogP contribution in [0.5, 0.6) is 5.75 Å². The van der Waals surface area contributed by atoms with Gasteiger partial charge in [-0.25, -0.2) is 20.0 Å². The van der Waals surface area contributed by atoms with Crippen molar-refractivity contribution in [3.8, 4) is 5.75 Å². The molecule has 2 heterocycles. The largest absolute Gasteiger partial charge is 0.505 e. The molecule has 0 bridgehead atoms. The monoisotopic (exact) mass is 467 g/mol. The van der Waals surface area contributed by atoms with E-state index in [0.29, 0.717) is 28.3 Å². The van der Waals surface area contributed by atoms with Gasteiger partial charge in [0.05, 0.1) is 16.9 Å². The molecule has 1 aliphatic rings. The predicted molar refractivity (Wildman–Crippen MR) is 116 cm³/mol. The number of hydrogen-bond acceptors (Lipinski definition) is 8. The van der Waals surface area contributed by atoms with E-state index in [9.17, 15) is 9.90 Å². The number of rotatable bonds is 5. The number of halogens is 1. The Morgan fingerprint density at radius 1 is 0.967 bits per heavy atom. The van der Waals surface area contributed by atoms with Gasteiger partial charge in [-0.1, -0.05) is 18.2 Å². The Bertz CT molecular complexity index is 1260. The van der Waals surface area contributed by atoms with Gasteiger partial charge in [0.1, 0.15) is 6.67 Å². The molecule has 1 amide bonds. The number of anilines is 4. The lowest BCUT2D eigenvalue weighted by atomic mass is 10.1. The molecule has 1 aromatic heterocycles. The summed E-state index contributed by atoms with van der Waals surface area (Å²) in [6.45, 7) is 0.269. The summed E-state index contributed by atoms with van der Waals surface area (Å²) in [4.78, 5) is 31.2. The summed E-state index contributed by atoms with van der Waals surface area (Å²) in [7, 11) is 3.25. The normalized spacial score (nSPS) is 11.8. The molecule has 0 unspecified atom stereocenters. The van der Waals surface area contributed by atoms with Crippen LogP contribution in [0.2, 0.25) is 0 Å². The van der Waals surface area contributed by atoms with Crippen molar-refractivity contribution in [2.24, 2.45) is 9.98 Å². The van der Waals surface area contributed by atoms with Crippen LogP contribution in [0, 0.1) is 0 Å². The van der Waals surface area contributed by atoms with Crippen LogP contribution in [0.25, 0.3) is 0 Å². The molecule has 0 atom stereocenters. The van der Waals surface area contributed by atoms with E-state index in [1.165, 1.54) is 4.90 Å². The first-order chi connectivity index (χ1) is 14.4. The van der Waals surface area contributed by atoms with Gasteiger partial charge in [-0.05, 0) is 40.2 Å². The third-order valence-corrected chi connectivity index (χ3v) is 5.04. The highest BCUT2D eigenvalue weighted by molar-refractivity contribution is 9.10. The van der Waals surface area contributed by atoms with Crippen LogP contribution in [0.15, 0.2) is 56.9 Å². The number of phenols is 1. The highest BCUT2D eigenvalue weighted by Crippen LogP contribution is 2.33. The van der Waals surface area contributed by atoms with E-state index < -0.39 is 0 Å². The number of carbonyl (C=O) groups excluding carboxylic acids is 1. The lowest BCUT2D eigenvalue weighted by Gasteiger charge is -2.16. The van der Waals surface area contributed by atoms with Gasteiger partial charge in [-0.2, -0.15) is 0 Å². The maximum absolute atomic E-state index is 12.3. The molecule has 3 aromatic rings. The Labute approximate surface area is 180 Å². The Kier molecular flexibility index (Phi) is 5.32. The molecule has 0 aliphatic carbocycles. The molecule has 10 heteroatoms. The molecule has 30 heavy (non-hydrogen) atoms. The van der Waals surface area contributed by atoms with E-state index in [1.807, 2.05) is 24.3 Å². The number of hydrogen-bond donors (Lipinski definition) is 3. The summed E-state index contributed by atoms with van der Waals surface area (Å²) >= 11 is 3.50. The van der Waals surface area contributed by atoms with Crippen molar-refractivity contribution in [2.75, 3.05) is 31.4 Å². The summed E-state index contributed by atoms with van der Waals surface area (Å²) in [5, 5.41) is 17.0. The Morgan fingerprint density at radius 3 is 2.20 bits per heavy atom. The van der Waals surface area contributed by atoms with Gasteiger partial charge in [-0.3, -0.25) is 4.79 Å². The van der Waals surface area contributed by atoms with Gasteiger partial charge in [-0.15, -0.1) is 0 Å². The third kappa shape index (κ3) is 3.81. The average molecular weight is 468 g/mol. The number of aromatic nitrogens is 2. The molecule has 3 N–H and O–H groups in total. The number of aromatic hydroxyl groups is 1. The third-order valence-electron chi connectivity index (χ3n) is 4.35.